The van der Waals surface area contributed by atoms with Gasteiger partial charge in [0.25, 0.3) is 0 Å². The molecular formula is C15H13NY-2. The molecule has 2 aromatic rings. The molecular weight excluding hydrogens is 283 g/mol. The van der Waals surface area contributed by atoms with E-state index in [0.717, 1.165) is 16.8 Å². The molecule has 0 amide bonds. The van der Waals surface area contributed by atoms with Crippen LogP contribution >= 0.6 is 0 Å². The smallest absolute Gasteiger partial charge is 0 e. The van der Waals surface area contributed by atoms with E-state index in [0.29, 0.717) is 0 Å². The van der Waals surface area contributed by atoms with Crippen molar-refractivity contribution in [3.8, 4) is 0 Å². The summed E-state index contributed by atoms with van der Waals surface area (Å²) in [5, 5.41) is 4.29. The van der Waals surface area contributed by atoms with E-state index in [4.69, 9.17) is 0 Å². The summed E-state index contributed by atoms with van der Waals surface area (Å²) < 4.78 is 0. The zero-order valence-corrected chi connectivity index (χ0v) is 12.6. The molecule has 0 fully saturated rings. The Hall–Kier alpha value is -0.916. The molecule has 1 nitrogen and oxygen atoms in total. The first kappa shape index (κ1) is 14.1. The van der Waals surface area contributed by atoms with Crippen LogP contribution in [0.5, 0.6) is 0 Å². The molecule has 0 saturated heterocycles. The summed E-state index contributed by atoms with van der Waals surface area (Å²) >= 11 is 0. The van der Waals surface area contributed by atoms with Gasteiger partial charge in [-0.2, -0.15) is 11.3 Å². The molecule has 0 spiro atoms. The van der Waals surface area contributed by atoms with Gasteiger partial charge in [-0.3, -0.25) is 0 Å². The van der Waals surface area contributed by atoms with E-state index in [-0.39, 0.29) is 32.7 Å². The van der Waals surface area contributed by atoms with Crippen LogP contribution in [0, 0.1) is 6.07 Å². The van der Waals surface area contributed by atoms with Gasteiger partial charge in [-0.1, -0.05) is 30.3 Å². The van der Waals surface area contributed by atoms with Crippen molar-refractivity contribution in [1.29, 1.82) is 0 Å². The van der Waals surface area contributed by atoms with Crippen molar-refractivity contribution < 1.29 is 32.7 Å². The molecule has 0 aliphatic carbocycles. The topological polar surface area (TPSA) is 14.1 Å². The minimum Gasteiger partial charge on any atom is -0.694 e. The second-order valence-electron chi connectivity index (χ2n) is 3.44. The van der Waals surface area contributed by atoms with E-state index in [1.807, 2.05) is 55.6 Å². The van der Waals surface area contributed by atoms with Gasteiger partial charge in [0.05, 0.1) is 0 Å². The predicted octanol–water partition coefficient (Wildman–Crippen LogP) is 3.99. The molecule has 0 atom stereocenters. The van der Waals surface area contributed by atoms with Crippen LogP contribution < -0.4 is 0 Å². The van der Waals surface area contributed by atoms with Crippen molar-refractivity contribution in [3.63, 3.8) is 0 Å². The van der Waals surface area contributed by atoms with E-state index >= 15 is 0 Å². The molecule has 2 aromatic carbocycles. The van der Waals surface area contributed by atoms with Crippen LogP contribution in [0.1, 0.15) is 11.1 Å². The first-order valence-electron chi connectivity index (χ1n) is 5.24. The summed E-state index contributed by atoms with van der Waals surface area (Å²) in [6.45, 7) is 0. The maximum Gasteiger partial charge on any atom is 0 e. The molecule has 17 heavy (non-hydrogen) atoms. The Bertz CT molecular complexity index is 463. The predicted molar refractivity (Wildman–Crippen MR) is 68.9 cm³/mol. The maximum absolute atomic E-state index is 4.29. The third-order valence-electron chi connectivity index (χ3n) is 2.34. The average Bonchev–Trinajstić information content (AvgIpc) is 2.38. The maximum atomic E-state index is 4.29. The van der Waals surface area contributed by atoms with Crippen molar-refractivity contribution in [2.75, 3.05) is 7.05 Å². The molecule has 0 saturated carbocycles. The Morgan fingerprint density at radius 1 is 1.06 bits per heavy atom. The molecule has 0 aliphatic rings. The minimum absolute atomic E-state index is 0. The van der Waals surface area contributed by atoms with Gasteiger partial charge in [0.15, 0.2) is 0 Å². The zero-order valence-electron chi connectivity index (χ0n) is 9.80. The summed E-state index contributed by atoms with van der Waals surface area (Å²) in [4.78, 5) is 0. The SMILES string of the molecule is C[N-]/C(=C\c1[c-]cccc1)c1ccccc1.[Y]. The van der Waals surface area contributed by atoms with Crippen LogP contribution in [0.4, 0.5) is 0 Å². The summed E-state index contributed by atoms with van der Waals surface area (Å²) in [6, 6.07) is 21.2. The number of rotatable bonds is 3. The summed E-state index contributed by atoms with van der Waals surface area (Å²) in [5.41, 5.74) is 3.15. The largest absolute Gasteiger partial charge is 0.694 e. The number of nitrogens with zero attached hydrogens (tertiary/aromatic N) is 1. The van der Waals surface area contributed by atoms with Gasteiger partial charge in [0, 0.05) is 32.7 Å². The van der Waals surface area contributed by atoms with Gasteiger partial charge in [-0.05, 0) is 5.56 Å². The third kappa shape index (κ3) is 4.10. The zero-order chi connectivity index (χ0) is 11.2. The molecule has 0 unspecified atom stereocenters. The Kier molecular flexibility index (Phi) is 6.17. The van der Waals surface area contributed by atoms with E-state index in [1.165, 1.54) is 0 Å². The van der Waals surface area contributed by atoms with E-state index in [1.54, 1.807) is 0 Å². The van der Waals surface area contributed by atoms with E-state index < -0.39 is 0 Å². The summed E-state index contributed by atoms with van der Waals surface area (Å²) in [6.07, 6.45) is 2.04. The quantitative estimate of drug-likeness (QED) is 0.601. The van der Waals surface area contributed by atoms with Crippen molar-refractivity contribution in [1.82, 2.24) is 0 Å². The molecule has 0 aliphatic heterocycles. The number of benzene rings is 2. The number of hydrogen-bond acceptors (Lipinski definition) is 0. The fraction of sp³-hybridized carbons (Fsp3) is 0.0667. The minimum atomic E-state index is 0. The van der Waals surface area contributed by atoms with Crippen molar-refractivity contribution in [2.45, 2.75) is 0 Å². The molecule has 2 rings (SSSR count). The molecule has 2 heteroatoms. The van der Waals surface area contributed by atoms with Crippen LogP contribution in [0.2, 0.25) is 0 Å². The monoisotopic (exact) mass is 296 g/mol. The van der Waals surface area contributed by atoms with Gasteiger partial charge < -0.3 is 5.32 Å². The molecule has 0 aromatic heterocycles. The van der Waals surface area contributed by atoms with Crippen LogP contribution in [0.3, 0.4) is 0 Å². The van der Waals surface area contributed by atoms with Crippen LogP contribution in [-0.4, -0.2) is 7.05 Å². The van der Waals surface area contributed by atoms with Gasteiger partial charge in [0.2, 0.25) is 0 Å². The van der Waals surface area contributed by atoms with Gasteiger partial charge >= 0.3 is 0 Å². The summed E-state index contributed by atoms with van der Waals surface area (Å²) in [5.74, 6) is 0. The van der Waals surface area contributed by atoms with Crippen LogP contribution in [0.15, 0.2) is 54.6 Å². The second-order valence-corrected chi connectivity index (χ2v) is 3.44. The molecule has 0 N–H and O–H groups in total. The molecule has 0 heterocycles. The van der Waals surface area contributed by atoms with Gasteiger partial charge in [-0.25, -0.2) is 0 Å². The van der Waals surface area contributed by atoms with E-state index in [2.05, 4.69) is 23.5 Å². The van der Waals surface area contributed by atoms with Crippen molar-refractivity contribution >= 4 is 11.8 Å². The number of hydrogen-bond donors (Lipinski definition) is 0. The Labute approximate surface area is 128 Å². The molecule has 0 bridgehead atoms. The Morgan fingerprint density at radius 2 is 1.76 bits per heavy atom. The first-order valence-corrected chi connectivity index (χ1v) is 5.24. The molecule has 1 radical (unpaired) electrons. The van der Waals surface area contributed by atoms with Crippen molar-refractivity contribution in [2.24, 2.45) is 0 Å². The fourth-order valence-corrected chi connectivity index (χ4v) is 1.53. The average molecular weight is 296 g/mol. The first-order chi connectivity index (χ1) is 7.90. The second kappa shape index (κ2) is 7.42. The molecule has 83 valence electrons. The normalized spacial score (nSPS) is 10.5. The van der Waals surface area contributed by atoms with Gasteiger partial charge in [-0.15, -0.1) is 43.5 Å². The summed E-state index contributed by atoms with van der Waals surface area (Å²) in [7, 11) is 1.81. The standard InChI is InChI=1S/C15H13N.Y/c1-16-15(14-10-6-3-7-11-14)12-13-8-4-2-5-9-13;/h2-8,10-12H,1H3;/q-2;/b15-12-;. The Balaban J connectivity index is 0.00000144. The fourth-order valence-electron chi connectivity index (χ4n) is 1.53. The third-order valence-corrected chi connectivity index (χ3v) is 2.34. The van der Waals surface area contributed by atoms with Crippen LogP contribution in [0.25, 0.3) is 17.1 Å². The van der Waals surface area contributed by atoms with Crippen molar-refractivity contribution in [3.05, 3.63) is 77.1 Å². The van der Waals surface area contributed by atoms with E-state index in [9.17, 15) is 0 Å². The van der Waals surface area contributed by atoms with Gasteiger partial charge in [0.1, 0.15) is 0 Å². The Morgan fingerprint density at radius 3 is 2.35 bits per heavy atom. The van der Waals surface area contributed by atoms with Crippen LogP contribution in [-0.2, 0) is 32.7 Å².